The van der Waals surface area contributed by atoms with Gasteiger partial charge in [0, 0.05) is 22.1 Å². The molecule has 4 N–H and O–H groups in total. The van der Waals surface area contributed by atoms with E-state index < -0.39 is 23.7 Å². The van der Waals surface area contributed by atoms with Gasteiger partial charge in [0.2, 0.25) is 5.91 Å². The molecule has 1 fully saturated rings. The second kappa shape index (κ2) is 12.1. The van der Waals surface area contributed by atoms with Crippen LogP contribution >= 0.6 is 11.6 Å². The fraction of sp³-hybridized carbons (Fsp3) is 0.333. The molecule has 0 bridgehead atoms. The average Bonchev–Trinajstić information content (AvgIpc) is 3.83. The fourth-order valence-electron chi connectivity index (χ4n) is 5.65. The number of carbonyl (C=O) groups excluding carboxylic acids is 2. The maximum atomic E-state index is 13.8. The molecule has 47 heavy (non-hydrogen) atoms. The number of nitrogens with two attached hydrogens (primary N) is 1. The minimum atomic E-state index is -3.84. The van der Waals surface area contributed by atoms with Gasteiger partial charge >= 0.3 is 6.29 Å². The molecule has 1 aliphatic heterocycles. The number of pyridine rings is 2. The van der Waals surface area contributed by atoms with Gasteiger partial charge in [0.1, 0.15) is 28.3 Å². The Morgan fingerprint density at radius 1 is 1.15 bits per heavy atom. The molecule has 246 valence electrons. The number of rotatable bonds is 11. The average molecular weight is 669 g/mol. The number of fused-ring (bicyclic) bond motifs is 2. The zero-order chi connectivity index (χ0) is 33.7. The normalized spacial score (nSPS) is 16.1. The van der Waals surface area contributed by atoms with Crippen molar-refractivity contribution in [3.05, 3.63) is 70.0 Å². The van der Waals surface area contributed by atoms with Crippen LogP contribution in [0.25, 0.3) is 22.2 Å². The van der Waals surface area contributed by atoms with Crippen LogP contribution in [0.3, 0.4) is 0 Å². The van der Waals surface area contributed by atoms with Crippen molar-refractivity contribution in [1.82, 2.24) is 15.3 Å². The van der Waals surface area contributed by atoms with Crippen LogP contribution < -0.4 is 30.0 Å². The van der Waals surface area contributed by atoms with E-state index in [1.54, 1.807) is 32.0 Å². The second-order valence-electron chi connectivity index (χ2n) is 11.4. The minimum absolute atomic E-state index is 0.139. The van der Waals surface area contributed by atoms with E-state index in [4.69, 9.17) is 31.8 Å². The van der Waals surface area contributed by atoms with Crippen molar-refractivity contribution in [1.29, 1.82) is 0 Å². The predicted molar refractivity (Wildman–Crippen MR) is 167 cm³/mol. The zero-order valence-electron chi connectivity index (χ0n) is 25.7. The van der Waals surface area contributed by atoms with Crippen LogP contribution in [0.15, 0.2) is 42.5 Å². The highest BCUT2D eigenvalue weighted by atomic mass is 35.5. The Balaban J connectivity index is 1.39. The quantitative estimate of drug-likeness (QED) is 0.199. The van der Waals surface area contributed by atoms with Crippen molar-refractivity contribution in [3.8, 4) is 34.3 Å². The van der Waals surface area contributed by atoms with Crippen molar-refractivity contribution in [2.45, 2.75) is 45.0 Å². The van der Waals surface area contributed by atoms with E-state index in [-0.39, 0.29) is 59.7 Å². The van der Waals surface area contributed by atoms with Crippen LogP contribution in [0, 0.1) is 12.8 Å². The van der Waals surface area contributed by atoms with Gasteiger partial charge in [0.25, 0.3) is 5.91 Å². The molecule has 4 aromatic rings. The number of benzene rings is 2. The highest BCUT2D eigenvalue weighted by Gasteiger charge is 2.47. The van der Waals surface area contributed by atoms with Crippen molar-refractivity contribution in [2.24, 2.45) is 11.7 Å². The number of hydrogen-bond donors (Lipinski definition) is 3. The van der Waals surface area contributed by atoms with Gasteiger partial charge in [0.15, 0.2) is 11.5 Å². The third-order valence-corrected chi connectivity index (χ3v) is 8.47. The van der Waals surface area contributed by atoms with Crippen molar-refractivity contribution in [2.75, 3.05) is 20.3 Å². The van der Waals surface area contributed by atoms with Gasteiger partial charge < -0.3 is 35.1 Å². The summed E-state index contributed by atoms with van der Waals surface area (Å²) in [4.78, 5) is 34.9. The maximum absolute atomic E-state index is 13.8. The number of halogens is 3. The summed E-state index contributed by atoms with van der Waals surface area (Å²) in [5.41, 5.74) is 6.22. The van der Waals surface area contributed by atoms with Crippen LogP contribution in [0.5, 0.6) is 23.0 Å². The number of aliphatic hydroxyl groups is 1. The predicted octanol–water partition coefficient (Wildman–Crippen LogP) is 5.04. The monoisotopic (exact) mass is 668 g/mol. The molecule has 2 amide bonds. The lowest BCUT2D eigenvalue weighted by molar-refractivity contribution is -0.286. The number of alkyl halides is 2. The molecule has 11 nitrogen and oxygen atoms in total. The summed E-state index contributed by atoms with van der Waals surface area (Å²) in [6.45, 7) is 3.43. The number of nitrogens with zero attached hydrogens (tertiary/aromatic N) is 2. The molecule has 1 atom stereocenters. The number of ether oxygens (including phenoxy) is 4. The molecule has 0 spiro atoms. The molecular weight excluding hydrogens is 638 g/mol. The Labute approximate surface area is 272 Å². The molecule has 2 aliphatic rings. The standard InChI is InChI=1S/C33H31ClF2N4O7/c1-4-45-30-19(14-27(37)41)13-26(40-29(30)17-5-8-23-24(11-17)47-33(35,36)46-23)32(43,21-6-7-21)15-38-31(42)20-9-18-10-22(34)16(2)39-28(18)25(12-20)44-3/h5,8-13,21,43H,4,6-7,14-15H2,1-3H3,(H2,37,41)(H,38,42)/t32-/m1/s1. The number of primary amides is 1. The Kier molecular flexibility index (Phi) is 8.30. The van der Waals surface area contributed by atoms with Crippen LogP contribution in [0.4, 0.5) is 8.78 Å². The SMILES string of the molecule is CCOc1c(CC(N)=O)cc([C@@](O)(CNC(=O)c2cc(OC)c3nc(C)c(Cl)cc3c2)C2CC2)nc1-c1ccc2c(c1)OC(F)(F)O2. The summed E-state index contributed by atoms with van der Waals surface area (Å²) in [5.74, 6) is -1.27. The lowest BCUT2D eigenvalue weighted by Crippen LogP contribution is -2.43. The van der Waals surface area contributed by atoms with Gasteiger partial charge in [-0.3, -0.25) is 9.59 Å². The molecular formula is C33H31ClF2N4O7. The van der Waals surface area contributed by atoms with Gasteiger partial charge in [0.05, 0.1) is 43.1 Å². The highest BCUT2D eigenvalue weighted by Crippen LogP contribution is 2.48. The maximum Gasteiger partial charge on any atom is 0.586 e. The molecule has 0 radical (unpaired) electrons. The largest absolute Gasteiger partial charge is 0.586 e. The number of carbonyl (C=O) groups is 2. The summed E-state index contributed by atoms with van der Waals surface area (Å²) in [7, 11) is 1.47. The van der Waals surface area contributed by atoms with Gasteiger partial charge in [-0.2, -0.15) is 0 Å². The van der Waals surface area contributed by atoms with Crippen molar-refractivity contribution >= 4 is 34.3 Å². The van der Waals surface area contributed by atoms with Gasteiger partial charge in [-0.15, -0.1) is 8.78 Å². The summed E-state index contributed by atoms with van der Waals surface area (Å²) >= 11 is 6.29. The summed E-state index contributed by atoms with van der Waals surface area (Å²) < 4.78 is 48.2. The van der Waals surface area contributed by atoms with E-state index in [1.807, 2.05) is 0 Å². The van der Waals surface area contributed by atoms with Gasteiger partial charge in [-0.25, -0.2) is 9.97 Å². The molecule has 2 aromatic carbocycles. The van der Waals surface area contributed by atoms with E-state index in [1.165, 1.54) is 31.4 Å². The van der Waals surface area contributed by atoms with Crippen LogP contribution in [0.1, 0.15) is 47.1 Å². The Hall–Kier alpha value is -4.75. The molecule has 0 unspecified atom stereocenters. The Morgan fingerprint density at radius 3 is 2.57 bits per heavy atom. The van der Waals surface area contributed by atoms with Crippen LogP contribution in [-0.2, 0) is 16.8 Å². The summed E-state index contributed by atoms with van der Waals surface area (Å²) in [5, 5.41) is 16.1. The molecule has 3 heterocycles. The van der Waals surface area contributed by atoms with Gasteiger partial charge in [-0.1, -0.05) is 11.6 Å². The molecule has 1 saturated carbocycles. The molecule has 14 heteroatoms. The van der Waals surface area contributed by atoms with E-state index in [9.17, 15) is 23.5 Å². The van der Waals surface area contributed by atoms with E-state index in [0.717, 1.165) is 0 Å². The summed E-state index contributed by atoms with van der Waals surface area (Å²) in [6.07, 6.45) is -2.81. The zero-order valence-corrected chi connectivity index (χ0v) is 26.4. The van der Waals surface area contributed by atoms with Crippen molar-refractivity contribution < 1.29 is 42.4 Å². The number of nitrogens with one attached hydrogen (secondary N) is 1. The van der Waals surface area contributed by atoms with E-state index in [2.05, 4.69) is 19.8 Å². The molecule has 0 saturated heterocycles. The summed E-state index contributed by atoms with van der Waals surface area (Å²) in [6, 6.07) is 10.5. The first-order valence-corrected chi connectivity index (χ1v) is 15.2. The first kappa shape index (κ1) is 32.2. The third kappa shape index (κ3) is 6.32. The van der Waals surface area contributed by atoms with E-state index >= 15 is 0 Å². The number of aromatic nitrogens is 2. The smallest absolute Gasteiger partial charge is 0.494 e. The lowest BCUT2D eigenvalue weighted by atomic mass is 9.90. The Morgan fingerprint density at radius 2 is 1.89 bits per heavy atom. The number of amides is 2. The third-order valence-electron chi connectivity index (χ3n) is 8.09. The second-order valence-corrected chi connectivity index (χ2v) is 11.8. The number of hydrogen-bond acceptors (Lipinski definition) is 9. The number of aryl methyl sites for hydroxylation is 1. The van der Waals surface area contributed by atoms with Crippen LogP contribution in [0.2, 0.25) is 5.02 Å². The van der Waals surface area contributed by atoms with Crippen molar-refractivity contribution in [3.63, 3.8) is 0 Å². The highest BCUT2D eigenvalue weighted by molar-refractivity contribution is 6.31. The lowest BCUT2D eigenvalue weighted by Gasteiger charge is -2.30. The first-order valence-electron chi connectivity index (χ1n) is 14.8. The Bertz CT molecular complexity index is 1920. The minimum Gasteiger partial charge on any atom is -0.494 e. The first-order chi connectivity index (χ1) is 22.3. The van der Waals surface area contributed by atoms with Gasteiger partial charge in [-0.05, 0) is 75.1 Å². The van der Waals surface area contributed by atoms with Crippen LogP contribution in [-0.4, -0.2) is 53.4 Å². The molecule has 1 aliphatic carbocycles. The topological polar surface area (TPSA) is 155 Å². The molecule has 6 rings (SSSR count). The van der Waals surface area contributed by atoms with E-state index in [0.29, 0.717) is 51.3 Å². The fourth-order valence-corrected chi connectivity index (χ4v) is 5.81. The number of methoxy groups -OCH3 is 1. The molecule has 2 aromatic heterocycles.